The fourth-order valence-electron chi connectivity index (χ4n) is 0.746. The first-order chi connectivity index (χ1) is 7.47. The average molecular weight is 234 g/mol. The number of rotatable bonds is 6. The van der Waals surface area contributed by atoms with E-state index < -0.39 is 18.5 Å². The van der Waals surface area contributed by atoms with Crippen LogP contribution in [0.1, 0.15) is 39.5 Å². The fourth-order valence-corrected chi connectivity index (χ4v) is 0.746. The van der Waals surface area contributed by atoms with E-state index >= 15 is 0 Å². The van der Waals surface area contributed by atoms with Gasteiger partial charge in [0.25, 0.3) is 0 Å². The summed E-state index contributed by atoms with van der Waals surface area (Å²) >= 11 is 0. The van der Waals surface area contributed by atoms with Crippen molar-refractivity contribution >= 4 is 5.97 Å². The molecule has 0 aliphatic carbocycles. The van der Waals surface area contributed by atoms with Crippen molar-refractivity contribution in [2.75, 3.05) is 0 Å². The van der Waals surface area contributed by atoms with Gasteiger partial charge in [0.1, 0.15) is 0 Å². The lowest BCUT2D eigenvalue weighted by molar-refractivity contribution is -0.162. The molecule has 0 aliphatic heterocycles. The lowest BCUT2D eigenvalue weighted by atomic mass is 10.3. The second-order valence-corrected chi connectivity index (χ2v) is 3.15. The van der Waals surface area contributed by atoms with E-state index in [1.54, 1.807) is 0 Å². The Balaban J connectivity index is 0. The highest BCUT2D eigenvalue weighted by Gasteiger charge is 2.05. The standard InChI is InChI=1S/C7H12O3.C4H10O2/c1-3-5-7(9)10-6(8)4-2;1-2-3-4(5)6/h4,7,9H,2-3,5H2,1H3;4-6H,2-3H2,1H3. The second kappa shape index (κ2) is 12.2. The molecule has 0 spiro atoms. The molecule has 0 fully saturated rings. The van der Waals surface area contributed by atoms with Crippen molar-refractivity contribution in [1.29, 1.82) is 0 Å². The van der Waals surface area contributed by atoms with Crippen LogP contribution >= 0.6 is 0 Å². The summed E-state index contributed by atoms with van der Waals surface area (Å²) < 4.78 is 4.44. The second-order valence-electron chi connectivity index (χ2n) is 3.15. The highest BCUT2D eigenvalue weighted by molar-refractivity contribution is 5.81. The molecule has 0 aromatic heterocycles. The first-order valence-corrected chi connectivity index (χ1v) is 5.35. The zero-order valence-electron chi connectivity index (χ0n) is 9.93. The minimum atomic E-state index is -1.10. The summed E-state index contributed by atoms with van der Waals surface area (Å²) in [4.78, 5) is 10.4. The molecule has 5 nitrogen and oxygen atoms in total. The quantitative estimate of drug-likeness (QED) is 0.361. The van der Waals surface area contributed by atoms with E-state index in [0.29, 0.717) is 12.8 Å². The van der Waals surface area contributed by atoms with Crippen molar-refractivity contribution in [3.05, 3.63) is 12.7 Å². The van der Waals surface area contributed by atoms with Gasteiger partial charge < -0.3 is 20.1 Å². The lowest BCUT2D eigenvalue weighted by Gasteiger charge is -2.07. The van der Waals surface area contributed by atoms with Crippen LogP contribution in [0, 0.1) is 0 Å². The molecule has 96 valence electrons. The van der Waals surface area contributed by atoms with E-state index in [4.69, 9.17) is 15.3 Å². The lowest BCUT2D eigenvalue weighted by Crippen LogP contribution is -2.15. The number of ether oxygens (including phenoxy) is 1. The van der Waals surface area contributed by atoms with E-state index in [1.165, 1.54) is 0 Å². The number of esters is 1. The third kappa shape index (κ3) is 15.6. The van der Waals surface area contributed by atoms with E-state index in [0.717, 1.165) is 18.9 Å². The predicted molar refractivity (Wildman–Crippen MR) is 60.3 cm³/mol. The first kappa shape index (κ1) is 17.5. The molecule has 0 saturated carbocycles. The van der Waals surface area contributed by atoms with Gasteiger partial charge in [-0.2, -0.15) is 0 Å². The Hall–Kier alpha value is -0.910. The smallest absolute Gasteiger partial charge is 0.332 e. The van der Waals surface area contributed by atoms with Gasteiger partial charge in [0.15, 0.2) is 6.29 Å². The zero-order chi connectivity index (χ0) is 13.0. The number of aliphatic hydroxyl groups is 3. The molecule has 0 radical (unpaired) electrons. The highest BCUT2D eigenvalue weighted by Crippen LogP contribution is 1.97. The SMILES string of the molecule is C=CC(=O)OC(O)CCC.CCCC(O)O. The molecule has 0 rings (SSSR count). The Morgan fingerprint density at radius 3 is 2.00 bits per heavy atom. The van der Waals surface area contributed by atoms with Crippen LogP contribution in [0.4, 0.5) is 0 Å². The zero-order valence-corrected chi connectivity index (χ0v) is 9.93. The molecule has 0 aliphatic rings. The van der Waals surface area contributed by atoms with Crippen molar-refractivity contribution in [2.24, 2.45) is 0 Å². The summed E-state index contributed by atoms with van der Waals surface area (Å²) in [6.45, 7) is 6.98. The highest BCUT2D eigenvalue weighted by atomic mass is 16.6. The van der Waals surface area contributed by atoms with Crippen LogP contribution in [-0.4, -0.2) is 33.9 Å². The molecular formula is C11H22O5. The number of hydrogen-bond donors (Lipinski definition) is 3. The van der Waals surface area contributed by atoms with Crippen LogP contribution in [0.2, 0.25) is 0 Å². The Morgan fingerprint density at radius 2 is 1.75 bits per heavy atom. The summed E-state index contributed by atoms with van der Waals surface area (Å²) in [7, 11) is 0. The van der Waals surface area contributed by atoms with Gasteiger partial charge in [-0.3, -0.25) is 0 Å². The van der Waals surface area contributed by atoms with Gasteiger partial charge in [0.05, 0.1) is 0 Å². The van der Waals surface area contributed by atoms with Crippen molar-refractivity contribution in [1.82, 2.24) is 0 Å². The summed E-state index contributed by atoms with van der Waals surface area (Å²) in [5, 5.41) is 25.1. The van der Waals surface area contributed by atoms with Gasteiger partial charge in [-0.25, -0.2) is 4.79 Å². The van der Waals surface area contributed by atoms with E-state index in [9.17, 15) is 4.79 Å². The van der Waals surface area contributed by atoms with Crippen LogP contribution in [0.25, 0.3) is 0 Å². The van der Waals surface area contributed by atoms with Crippen LogP contribution in [0.15, 0.2) is 12.7 Å². The maximum Gasteiger partial charge on any atom is 0.332 e. The largest absolute Gasteiger partial charge is 0.433 e. The van der Waals surface area contributed by atoms with Gasteiger partial charge >= 0.3 is 5.97 Å². The van der Waals surface area contributed by atoms with Crippen molar-refractivity contribution < 1.29 is 24.9 Å². The molecule has 3 N–H and O–H groups in total. The summed E-state index contributed by atoms with van der Waals surface area (Å²) in [6, 6.07) is 0. The average Bonchev–Trinajstić information content (AvgIpc) is 2.18. The van der Waals surface area contributed by atoms with Crippen LogP contribution in [0.3, 0.4) is 0 Å². The fraction of sp³-hybridized carbons (Fsp3) is 0.727. The first-order valence-electron chi connectivity index (χ1n) is 5.35. The Kier molecular flexibility index (Phi) is 13.3. The maximum atomic E-state index is 10.4. The Labute approximate surface area is 96.4 Å². The summed E-state index contributed by atoms with van der Waals surface area (Å²) in [5.74, 6) is -0.582. The summed E-state index contributed by atoms with van der Waals surface area (Å²) in [5.41, 5.74) is 0. The van der Waals surface area contributed by atoms with E-state index in [1.807, 2.05) is 13.8 Å². The number of carbonyl (C=O) groups is 1. The number of hydrogen-bond acceptors (Lipinski definition) is 5. The van der Waals surface area contributed by atoms with Crippen molar-refractivity contribution in [3.8, 4) is 0 Å². The molecule has 16 heavy (non-hydrogen) atoms. The molecule has 5 heteroatoms. The monoisotopic (exact) mass is 234 g/mol. The molecule has 0 aromatic rings. The third-order valence-corrected chi connectivity index (χ3v) is 1.50. The van der Waals surface area contributed by atoms with Gasteiger partial charge in [0, 0.05) is 12.5 Å². The molecule has 1 unspecified atom stereocenters. The normalized spacial score (nSPS) is 11.4. The van der Waals surface area contributed by atoms with E-state index in [2.05, 4.69) is 11.3 Å². The Morgan fingerprint density at radius 1 is 1.25 bits per heavy atom. The Bertz CT molecular complexity index is 179. The molecule has 0 heterocycles. The minimum absolute atomic E-state index is 0.472. The maximum absolute atomic E-state index is 10.4. The molecule has 0 bridgehead atoms. The van der Waals surface area contributed by atoms with Crippen LogP contribution in [0.5, 0.6) is 0 Å². The third-order valence-electron chi connectivity index (χ3n) is 1.50. The number of carbonyl (C=O) groups excluding carboxylic acids is 1. The number of aliphatic hydroxyl groups excluding tert-OH is 2. The van der Waals surface area contributed by atoms with Crippen LogP contribution < -0.4 is 0 Å². The summed E-state index contributed by atoms with van der Waals surface area (Å²) in [6.07, 6.45) is 1.52. The molecule has 1 atom stereocenters. The molecular weight excluding hydrogens is 212 g/mol. The minimum Gasteiger partial charge on any atom is -0.433 e. The molecule has 0 aromatic carbocycles. The van der Waals surface area contributed by atoms with E-state index in [-0.39, 0.29) is 0 Å². The van der Waals surface area contributed by atoms with Crippen molar-refractivity contribution in [2.45, 2.75) is 52.1 Å². The van der Waals surface area contributed by atoms with Gasteiger partial charge in [-0.1, -0.05) is 33.3 Å². The van der Waals surface area contributed by atoms with Gasteiger partial charge in [-0.15, -0.1) is 0 Å². The van der Waals surface area contributed by atoms with Gasteiger partial charge in [0.2, 0.25) is 6.29 Å². The van der Waals surface area contributed by atoms with Crippen LogP contribution in [-0.2, 0) is 9.53 Å². The topological polar surface area (TPSA) is 87.0 Å². The molecule has 0 amide bonds. The predicted octanol–water partition coefficient (Wildman–Crippen LogP) is 0.931. The van der Waals surface area contributed by atoms with Crippen molar-refractivity contribution in [3.63, 3.8) is 0 Å². The molecule has 0 saturated heterocycles. The van der Waals surface area contributed by atoms with Gasteiger partial charge in [-0.05, 0) is 6.42 Å².